The first-order valence-electron chi connectivity index (χ1n) is 8.50. The predicted molar refractivity (Wildman–Crippen MR) is 85.5 cm³/mol. The van der Waals surface area contributed by atoms with Gasteiger partial charge in [0.1, 0.15) is 5.60 Å². The number of hydrogen-bond donors (Lipinski definition) is 2. The lowest BCUT2D eigenvalue weighted by Crippen LogP contribution is -2.54. The summed E-state index contributed by atoms with van der Waals surface area (Å²) in [6.45, 7) is 9.78. The maximum absolute atomic E-state index is 11.8. The summed E-state index contributed by atoms with van der Waals surface area (Å²) in [6, 6.07) is 0.432. The maximum atomic E-state index is 11.8. The van der Waals surface area contributed by atoms with Crippen molar-refractivity contribution in [2.75, 3.05) is 32.8 Å². The number of carbonyl (C=O) groups excluding carboxylic acids is 1. The third kappa shape index (κ3) is 6.10. The molecule has 2 unspecified atom stereocenters. The van der Waals surface area contributed by atoms with Crippen LogP contribution in [0.4, 0.5) is 4.79 Å². The number of rotatable bonds is 4. The number of nitrogens with zero attached hydrogens (tertiary/aromatic N) is 1. The molecule has 1 aliphatic carbocycles. The molecule has 2 atom stereocenters. The lowest BCUT2D eigenvalue weighted by molar-refractivity contribution is -0.00659. The molecule has 1 saturated carbocycles. The minimum absolute atomic E-state index is 0.316. The van der Waals surface area contributed by atoms with Crippen LogP contribution >= 0.6 is 0 Å². The standard InChI is InChI=1S/C16H31N3O3/c1-16(2,3)22-15(20)17-12-13-6-4-5-7-14(13)18-19-8-10-21-11-9-19/h13-14,18H,4-12H2,1-3H3,(H,17,20). The number of hydrazine groups is 1. The number of morpholine rings is 1. The van der Waals surface area contributed by atoms with Crippen LogP contribution < -0.4 is 10.7 Å². The lowest BCUT2D eigenvalue weighted by Gasteiger charge is -2.38. The predicted octanol–water partition coefficient (Wildman–Crippen LogP) is 1.91. The molecular weight excluding hydrogens is 282 g/mol. The minimum atomic E-state index is -0.442. The molecule has 2 aliphatic rings. The molecule has 0 bridgehead atoms. The molecule has 128 valence electrons. The second kappa shape index (κ2) is 8.13. The first-order valence-corrected chi connectivity index (χ1v) is 8.50. The van der Waals surface area contributed by atoms with Gasteiger partial charge in [-0.05, 0) is 39.5 Å². The van der Waals surface area contributed by atoms with E-state index >= 15 is 0 Å². The summed E-state index contributed by atoms with van der Waals surface area (Å²) in [5.74, 6) is 0.462. The largest absolute Gasteiger partial charge is 0.444 e. The Hall–Kier alpha value is -0.850. The molecule has 0 aromatic carbocycles. The van der Waals surface area contributed by atoms with Crippen LogP contribution in [0.5, 0.6) is 0 Å². The van der Waals surface area contributed by atoms with Crippen LogP contribution in [0.1, 0.15) is 46.5 Å². The molecule has 1 heterocycles. The average molecular weight is 313 g/mol. The number of hydrogen-bond acceptors (Lipinski definition) is 5. The summed E-state index contributed by atoms with van der Waals surface area (Å²) < 4.78 is 10.7. The van der Waals surface area contributed by atoms with Gasteiger partial charge < -0.3 is 14.8 Å². The van der Waals surface area contributed by atoms with E-state index in [0.717, 1.165) is 39.1 Å². The Bertz CT molecular complexity index is 351. The van der Waals surface area contributed by atoms with Crippen molar-refractivity contribution in [1.29, 1.82) is 0 Å². The molecule has 1 amide bonds. The van der Waals surface area contributed by atoms with Gasteiger partial charge >= 0.3 is 6.09 Å². The van der Waals surface area contributed by atoms with Crippen molar-refractivity contribution < 1.29 is 14.3 Å². The maximum Gasteiger partial charge on any atom is 0.407 e. The number of alkyl carbamates (subject to hydrolysis) is 1. The molecule has 1 saturated heterocycles. The fourth-order valence-corrected chi connectivity index (χ4v) is 3.08. The monoisotopic (exact) mass is 313 g/mol. The summed E-state index contributed by atoms with van der Waals surface area (Å²) in [4.78, 5) is 11.8. The second-order valence-electron chi connectivity index (χ2n) is 7.26. The van der Waals surface area contributed by atoms with Crippen molar-refractivity contribution in [1.82, 2.24) is 15.8 Å². The normalized spacial score (nSPS) is 27.4. The average Bonchev–Trinajstić information content (AvgIpc) is 2.46. The molecule has 0 radical (unpaired) electrons. The van der Waals surface area contributed by atoms with E-state index in [1.165, 1.54) is 12.8 Å². The van der Waals surface area contributed by atoms with Crippen LogP contribution in [0.25, 0.3) is 0 Å². The zero-order valence-electron chi connectivity index (χ0n) is 14.2. The molecule has 2 rings (SSSR count). The van der Waals surface area contributed by atoms with Crippen molar-refractivity contribution in [2.24, 2.45) is 5.92 Å². The summed E-state index contributed by atoms with van der Waals surface area (Å²) in [6.07, 6.45) is 4.49. The van der Waals surface area contributed by atoms with E-state index in [1.807, 2.05) is 20.8 Å². The lowest BCUT2D eigenvalue weighted by atomic mass is 9.85. The summed E-state index contributed by atoms with van der Waals surface area (Å²) in [7, 11) is 0. The zero-order valence-corrected chi connectivity index (χ0v) is 14.2. The second-order valence-corrected chi connectivity index (χ2v) is 7.26. The van der Waals surface area contributed by atoms with Gasteiger partial charge in [-0.25, -0.2) is 9.80 Å². The van der Waals surface area contributed by atoms with E-state index in [2.05, 4.69) is 15.8 Å². The SMILES string of the molecule is CC(C)(C)OC(=O)NCC1CCCCC1NN1CCOCC1. The molecular formula is C16H31N3O3. The van der Waals surface area contributed by atoms with E-state index in [-0.39, 0.29) is 6.09 Å². The van der Waals surface area contributed by atoms with Crippen LogP contribution in [0, 0.1) is 5.92 Å². The van der Waals surface area contributed by atoms with E-state index in [4.69, 9.17) is 9.47 Å². The van der Waals surface area contributed by atoms with Crippen LogP contribution in [0.15, 0.2) is 0 Å². The van der Waals surface area contributed by atoms with Gasteiger partial charge in [-0.3, -0.25) is 5.43 Å². The molecule has 6 heteroatoms. The van der Waals surface area contributed by atoms with E-state index in [0.29, 0.717) is 18.5 Å². The van der Waals surface area contributed by atoms with Crippen LogP contribution in [0.3, 0.4) is 0 Å². The molecule has 6 nitrogen and oxygen atoms in total. The highest BCUT2D eigenvalue weighted by Crippen LogP contribution is 2.24. The Labute approximate surface area is 133 Å². The van der Waals surface area contributed by atoms with E-state index in [1.54, 1.807) is 0 Å². The molecule has 0 aromatic rings. The van der Waals surface area contributed by atoms with Crippen molar-refractivity contribution in [3.05, 3.63) is 0 Å². The van der Waals surface area contributed by atoms with Crippen molar-refractivity contribution >= 4 is 6.09 Å². The van der Waals surface area contributed by atoms with E-state index in [9.17, 15) is 4.79 Å². The van der Waals surface area contributed by atoms with Crippen LogP contribution in [-0.2, 0) is 9.47 Å². The molecule has 0 spiro atoms. The Morgan fingerprint density at radius 1 is 1.23 bits per heavy atom. The smallest absolute Gasteiger partial charge is 0.407 e. The quantitative estimate of drug-likeness (QED) is 0.830. The molecule has 1 aliphatic heterocycles. The van der Waals surface area contributed by atoms with Crippen LogP contribution in [-0.4, -0.2) is 55.6 Å². The molecule has 22 heavy (non-hydrogen) atoms. The van der Waals surface area contributed by atoms with Gasteiger partial charge in [0.25, 0.3) is 0 Å². The number of ether oxygens (including phenoxy) is 2. The summed E-state index contributed by atoms with van der Waals surface area (Å²) in [5.41, 5.74) is 3.20. The van der Waals surface area contributed by atoms with Crippen molar-refractivity contribution in [3.8, 4) is 0 Å². The van der Waals surface area contributed by atoms with Crippen LogP contribution in [0.2, 0.25) is 0 Å². The first-order chi connectivity index (χ1) is 10.4. The third-order valence-corrected chi connectivity index (χ3v) is 4.18. The number of nitrogens with one attached hydrogen (secondary N) is 2. The third-order valence-electron chi connectivity index (χ3n) is 4.18. The molecule has 2 N–H and O–H groups in total. The Morgan fingerprint density at radius 3 is 2.59 bits per heavy atom. The van der Waals surface area contributed by atoms with Gasteiger partial charge in [0.2, 0.25) is 0 Å². The Balaban J connectivity index is 1.77. The highest BCUT2D eigenvalue weighted by atomic mass is 16.6. The summed E-state index contributed by atoms with van der Waals surface area (Å²) in [5, 5.41) is 5.20. The minimum Gasteiger partial charge on any atom is -0.444 e. The zero-order chi connectivity index (χ0) is 16.0. The van der Waals surface area contributed by atoms with Gasteiger partial charge in [-0.2, -0.15) is 0 Å². The van der Waals surface area contributed by atoms with Gasteiger partial charge in [0.15, 0.2) is 0 Å². The topological polar surface area (TPSA) is 62.8 Å². The summed E-state index contributed by atoms with van der Waals surface area (Å²) >= 11 is 0. The first kappa shape index (κ1) is 17.5. The van der Waals surface area contributed by atoms with Crippen molar-refractivity contribution in [3.63, 3.8) is 0 Å². The van der Waals surface area contributed by atoms with Crippen molar-refractivity contribution in [2.45, 2.75) is 58.1 Å². The fourth-order valence-electron chi connectivity index (χ4n) is 3.08. The number of carbonyl (C=O) groups is 1. The fraction of sp³-hybridized carbons (Fsp3) is 0.938. The molecule has 2 fully saturated rings. The Morgan fingerprint density at radius 2 is 1.91 bits per heavy atom. The Kier molecular flexibility index (Phi) is 6.47. The van der Waals surface area contributed by atoms with Gasteiger partial charge in [-0.15, -0.1) is 0 Å². The van der Waals surface area contributed by atoms with Gasteiger partial charge in [0.05, 0.1) is 13.2 Å². The van der Waals surface area contributed by atoms with E-state index < -0.39 is 5.60 Å². The molecule has 0 aromatic heterocycles. The van der Waals surface area contributed by atoms with Gasteiger partial charge in [0, 0.05) is 25.7 Å². The van der Waals surface area contributed by atoms with Gasteiger partial charge in [-0.1, -0.05) is 12.8 Å². The number of amides is 1. The highest BCUT2D eigenvalue weighted by molar-refractivity contribution is 5.67. The highest BCUT2D eigenvalue weighted by Gasteiger charge is 2.28.